The van der Waals surface area contributed by atoms with Crippen LogP contribution < -0.4 is 10.2 Å². The van der Waals surface area contributed by atoms with Gasteiger partial charge in [-0.25, -0.2) is 0 Å². The highest BCUT2D eigenvalue weighted by Crippen LogP contribution is 2.34. The third kappa shape index (κ3) is 2.67. The van der Waals surface area contributed by atoms with Gasteiger partial charge in [-0.3, -0.25) is 10.1 Å². The first kappa shape index (κ1) is 14.1. The summed E-state index contributed by atoms with van der Waals surface area (Å²) in [7, 11) is 0. The summed E-state index contributed by atoms with van der Waals surface area (Å²) in [5.74, 6) is 0.0829. The number of benzene rings is 2. The summed E-state index contributed by atoms with van der Waals surface area (Å²) in [4.78, 5) is 14.1. The van der Waals surface area contributed by atoms with Crippen molar-refractivity contribution in [2.45, 2.75) is 13.0 Å². The third-order valence-corrected chi connectivity index (χ3v) is 4.03. The Bertz CT molecular complexity index is 657. The van der Waals surface area contributed by atoms with Crippen LogP contribution in [0.4, 0.5) is 5.69 Å². The van der Waals surface area contributed by atoms with E-state index in [4.69, 9.17) is 11.6 Å². The van der Waals surface area contributed by atoms with E-state index in [-0.39, 0.29) is 11.9 Å². The third-order valence-electron chi connectivity index (χ3n) is 3.80. The number of hydrogen-bond acceptors (Lipinski definition) is 2. The van der Waals surface area contributed by atoms with Gasteiger partial charge < -0.3 is 4.90 Å². The molecule has 0 bridgehead atoms. The Labute approximate surface area is 129 Å². The molecule has 4 heteroatoms. The Balaban J connectivity index is 2.15. The van der Waals surface area contributed by atoms with E-state index in [0.717, 1.165) is 16.8 Å². The van der Waals surface area contributed by atoms with Crippen LogP contribution in [-0.4, -0.2) is 19.0 Å². The molecular weight excluding hydrogens is 284 g/mol. The van der Waals surface area contributed by atoms with Crippen molar-refractivity contribution in [3.8, 4) is 0 Å². The first-order valence-electron chi connectivity index (χ1n) is 7.09. The summed E-state index contributed by atoms with van der Waals surface area (Å²) in [6.07, 6.45) is 0. The van der Waals surface area contributed by atoms with Gasteiger partial charge in [0.05, 0.1) is 12.6 Å². The summed E-state index contributed by atoms with van der Waals surface area (Å²) in [6, 6.07) is 15.8. The first-order chi connectivity index (χ1) is 10.2. The van der Waals surface area contributed by atoms with Crippen LogP contribution in [0.3, 0.4) is 0 Å². The van der Waals surface area contributed by atoms with Gasteiger partial charge in [0, 0.05) is 17.3 Å². The molecule has 3 rings (SSSR count). The van der Waals surface area contributed by atoms with Gasteiger partial charge in [0.15, 0.2) is 0 Å². The second-order valence-corrected chi connectivity index (χ2v) is 5.50. The van der Waals surface area contributed by atoms with Gasteiger partial charge in [0.25, 0.3) is 0 Å². The number of nitrogens with zero attached hydrogens (tertiary/aromatic N) is 1. The number of rotatable bonds is 2. The fourth-order valence-electron chi connectivity index (χ4n) is 2.82. The number of fused-ring (bicyclic) bond motifs is 1. The van der Waals surface area contributed by atoms with Crippen molar-refractivity contribution in [1.82, 2.24) is 5.32 Å². The average Bonchev–Trinajstić information content (AvgIpc) is 2.64. The largest absolute Gasteiger partial charge is 0.311 e. The molecule has 0 aliphatic carbocycles. The molecule has 108 valence electrons. The molecule has 2 aromatic rings. The molecule has 1 amide bonds. The fourth-order valence-corrected chi connectivity index (χ4v) is 3.00. The Morgan fingerprint density at radius 1 is 1.24 bits per heavy atom. The molecule has 1 aliphatic heterocycles. The van der Waals surface area contributed by atoms with E-state index in [1.54, 1.807) is 0 Å². The van der Waals surface area contributed by atoms with E-state index in [2.05, 4.69) is 17.4 Å². The Morgan fingerprint density at radius 3 is 2.71 bits per heavy atom. The van der Waals surface area contributed by atoms with Crippen molar-refractivity contribution in [3.05, 3.63) is 64.7 Å². The molecule has 21 heavy (non-hydrogen) atoms. The lowest BCUT2D eigenvalue weighted by Gasteiger charge is -2.23. The number of halogens is 1. The topological polar surface area (TPSA) is 32.3 Å². The molecule has 1 aliphatic rings. The molecule has 1 N–H and O–H groups in total. The van der Waals surface area contributed by atoms with Gasteiger partial charge in [0.2, 0.25) is 5.91 Å². The molecule has 1 atom stereocenters. The van der Waals surface area contributed by atoms with Gasteiger partial charge in [-0.15, -0.1) is 0 Å². The van der Waals surface area contributed by atoms with Crippen molar-refractivity contribution >= 4 is 23.2 Å². The minimum absolute atomic E-state index is 0.0274. The van der Waals surface area contributed by atoms with Crippen LogP contribution in [0.5, 0.6) is 0 Å². The second kappa shape index (κ2) is 5.88. The second-order valence-electron chi connectivity index (χ2n) is 5.07. The lowest BCUT2D eigenvalue weighted by Crippen LogP contribution is -2.35. The first-order valence-corrected chi connectivity index (χ1v) is 7.46. The maximum atomic E-state index is 12.3. The number of anilines is 1. The van der Waals surface area contributed by atoms with Crippen LogP contribution >= 0.6 is 11.6 Å². The smallest absolute Gasteiger partial charge is 0.240 e. The maximum absolute atomic E-state index is 12.3. The highest BCUT2D eigenvalue weighted by Gasteiger charge is 2.27. The van der Waals surface area contributed by atoms with Gasteiger partial charge in [0.1, 0.15) is 0 Å². The van der Waals surface area contributed by atoms with Crippen LogP contribution in [0, 0.1) is 0 Å². The Hall–Kier alpha value is -1.84. The minimum Gasteiger partial charge on any atom is -0.311 e. The molecule has 1 heterocycles. The monoisotopic (exact) mass is 300 g/mol. The number of nitrogens with one attached hydrogen (secondary N) is 1. The lowest BCUT2D eigenvalue weighted by atomic mass is 9.97. The number of amides is 1. The fraction of sp³-hybridized carbons (Fsp3) is 0.235. The Kier molecular flexibility index (Phi) is 3.95. The summed E-state index contributed by atoms with van der Waals surface area (Å²) >= 11 is 6.18. The zero-order valence-corrected chi connectivity index (χ0v) is 12.6. The van der Waals surface area contributed by atoms with Crippen LogP contribution in [0.2, 0.25) is 5.02 Å². The van der Waals surface area contributed by atoms with E-state index in [1.807, 2.05) is 48.2 Å². The van der Waals surface area contributed by atoms with E-state index < -0.39 is 0 Å². The van der Waals surface area contributed by atoms with Crippen LogP contribution in [0.15, 0.2) is 48.5 Å². The minimum atomic E-state index is -0.0274. The van der Waals surface area contributed by atoms with Crippen molar-refractivity contribution in [1.29, 1.82) is 0 Å². The van der Waals surface area contributed by atoms with Crippen molar-refractivity contribution in [2.24, 2.45) is 0 Å². The maximum Gasteiger partial charge on any atom is 0.240 e. The summed E-state index contributed by atoms with van der Waals surface area (Å²) in [6.45, 7) is 2.95. The lowest BCUT2D eigenvalue weighted by molar-refractivity contribution is -0.117. The normalized spacial score (nSPS) is 18.3. The molecule has 0 fully saturated rings. The molecule has 3 nitrogen and oxygen atoms in total. The molecule has 0 spiro atoms. The van der Waals surface area contributed by atoms with E-state index >= 15 is 0 Å². The van der Waals surface area contributed by atoms with Gasteiger partial charge in [-0.05, 0) is 36.2 Å². The molecule has 1 unspecified atom stereocenters. The quantitative estimate of drug-likeness (QED) is 0.922. The average molecular weight is 301 g/mol. The van der Waals surface area contributed by atoms with Gasteiger partial charge >= 0.3 is 0 Å². The number of carbonyl (C=O) groups is 1. The van der Waals surface area contributed by atoms with Crippen molar-refractivity contribution in [2.75, 3.05) is 18.0 Å². The molecule has 0 aromatic heterocycles. The number of carbonyl (C=O) groups excluding carboxylic acids is 1. The Morgan fingerprint density at radius 2 is 2.00 bits per heavy atom. The molecule has 0 radical (unpaired) electrons. The zero-order chi connectivity index (χ0) is 14.8. The molecule has 0 saturated carbocycles. The highest BCUT2D eigenvalue weighted by atomic mass is 35.5. The van der Waals surface area contributed by atoms with Crippen LogP contribution in [0.25, 0.3) is 0 Å². The van der Waals surface area contributed by atoms with Gasteiger partial charge in [-0.1, -0.05) is 41.9 Å². The van der Waals surface area contributed by atoms with E-state index in [1.165, 1.54) is 0 Å². The highest BCUT2D eigenvalue weighted by molar-refractivity contribution is 6.30. The van der Waals surface area contributed by atoms with Gasteiger partial charge in [-0.2, -0.15) is 0 Å². The predicted octanol–water partition coefficient (Wildman–Crippen LogP) is 3.39. The SMILES string of the molecule is CCN1C(=O)CNC(c2ccccc2)c2cc(Cl)ccc21. The van der Waals surface area contributed by atoms with Crippen molar-refractivity contribution < 1.29 is 4.79 Å². The number of hydrogen-bond donors (Lipinski definition) is 1. The van der Waals surface area contributed by atoms with Crippen LogP contribution in [-0.2, 0) is 4.79 Å². The zero-order valence-electron chi connectivity index (χ0n) is 11.8. The molecule has 0 saturated heterocycles. The summed E-state index contributed by atoms with van der Waals surface area (Å²) in [5, 5.41) is 4.03. The molecular formula is C17H17ClN2O. The van der Waals surface area contributed by atoms with Crippen LogP contribution in [0.1, 0.15) is 24.1 Å². The predicted molar refractivity (Wildman–Crippen MR) is 85.8 cm³/mol. The van der Waals surface area contributed by atoms with E-state index in [9.17, 15) is 4.79 Å². The molecule has 2 aromatic carbocycles. The standard InChI is InChI=1S/C17H17ClN2O/c1-2-20-15-9-8-13(18)10-14(15)17(19-11-16(20)21)12-6-4-3-5-7-12/h3-10,17,19H,2,11H2,1H3. The van der Waals surface area contributed by atoms with E-state index in [0.29, 0.717) is 18.1 Å². The van der Waals surface area contributed by atoms with Crippen molar-refractivity contribution in [3.63, 3.8) is 0 Å². The number of likely N-dealkylation sites (N-methyl/N-ethyl adjacent to an activating group) is 1. The summed E-state index contributed by atoms with van der Waals surface area (Å²) < 4.78 is 0. The summed E-state index contributed by atoms with van der Waals surface area (Å²) in [5.41, 5.74) is 3.11.